The van der Waals surface area contributed by atoms with E-state index in [1.54, 1.807) is 0 Å². The highest BCUT2D eigenvalue weighted by Crippen LogP contribution is 2.14. The number of anilines is 1. The minimum Gasteiger partial charge on any atom is -0.400 e. The molecule has 0 saturated carbocycles. The summed E-state index contributed by atoms with van der Waals surface area (Å²) in [7, 11) is 1.00. The first-order chi connectivity index (χ1) is 12.4. The SMILES string of the molecule is CC.CO.c1ccc(CNc2ccc(Cc3ccccc3)cc2)cc1. The van der Waals surface area contributed by atoms with Gasteiger partial charge in [0.1, 0.15) is 0 Å². The van der Waals surface area contributed by atoms with Crippen molar-refractivity contribution in [2.75, 3.05) is 12.4 Å². The zero-order valence-electron chi connectivity index (χ0n) is 15.4. The predicted octanol–water partition coefficient (Wildman–Crippen LogP) is 5.52. The van der Waals surface area contributed by atoms with Crippen molar-refractivity contribution in [1.29, 1.82) is 0 Å². The lowest BCUT2D eigenvalue weighted by Gasteiger charge is -2.08. The maximum Gasteiger partial charge on any atom is 0.0400 e. The van der Waals surface area contributed by atoms with Crippen LogP contribution in [0.25, 0.3) is 0 Å². The molecule has 0 aliphatic heterocycles. The van der Waals surface area contributed by atoms with Crippen LogP contribution in [0.3, 0.4) is 0 Å². The van der Waals surface area contributed by atoms with Gasteiger partial charge in [-0.2, -0.15) is 0 Å². The Balaban J connectivity index is 0.000000730. The molecule has 0 unspecified atom stereocenters. The molecule has 0 aliphatic rings. The van der Waals surface area contributed by atoms with Crippen molar-refractivity contribution >= 4 is 5.69 Å². The maximum absolute atomic E-state index is 7.00. The van der Waals surface area contributed by atoms with Crippen molar-refractivity contribution in [3.63, 3.8) is 0 Å². The molecule has 132 valence electrons. The Morgan fingerprint density at radius 2 is 1.04 bits per heavy atom. The molecule has 3 aromatic carbocycles. The van der Waals surface area contributed by atoms with Crippen LogP contribution < -0.4 is 5.32 Å². The summed E-state index contributed by atoms with van der Waals surface area (Å²) in [5.74, 6) is 0. The molecular formula is C23H29NO. The van der Waals surface area contributed by atoms with Crippen LogP contribution in [0.15, 0.2) is 84.9 Å². The van der Waals surface area contributed by atoms with E-state index in [0.29, 0.717) is 0 Å². The molecule has 0 aliphatic carbocycles. The lowest BCUT2D eigenvalue weighted by molar-refractivity contribution is 0.399. The molecule has 25 heavy (non-hydrogen) atoms. The van der Waals surface area contributed by atoms with Crippen LogP contribution in [-0.2, 0) is 13.0 Å². The van der Waals surface area contributed by atoms with Crippen molar-refractivity contribution in [3.05, 3.63) is 102 Å². The van der Waals surface area contributed by atoms with Crippen LogP contribution in [0.2, 0.25) is 0 Å². The second-order valence-corrected chi connectivity index (χ2v) is 5.20. The minimum absolute atomic E-state index is 0.860. The minimum atomic E-state index is 0.860. The molecule has 0 fully saturated rings. The van der Waals surface area contributed by atoms with E-state index in [2.05, 4.69) is 84.2 Å². The van der Waals surface area contributed by atoms with Crippen LogP contribution in [0.5, 0.6) is 0 Å². The van der Waals surface area contributed by atoms with E-state index in [0.717, 1.165) is 25.8 Å². The van der Waals surface area contributed by atoms with E-state index in [9.17, 15) is 0 Å². The Morgan fingerprint density at radius 3 is 1.56 bits per heavy atom. The molecule has 0 atom stereocenters. The summed E-state index contributed by atoms with van der Waals surface area (Å²) >= 11 is 0. The Morgan fingerprint density at radius 1 is 0.600 bits per heavy atom. The van der Waals surface area contributed by atoms with Gasteiger partial charge in [-0.25, -0.2) is 0 Å². The number of rotatable bonds is 5. The van der Waals surface area contributed by atoms with E-state index < -0.39 is 0 Å². The molecule has 2 nitrogen and oxygen atoms in total. The van der Waals surface area contributed by atoms with E-state index in [-0.39, 0.29) is 0 Å². The Hall–Kier alpha value is -2.58. The molecular weight excluding hydrogens is 306 g/mol. The first kappa shape index (κ1) is 20.5. The van der Waals surface area contributed by atoms with Crippen molar-refractivity contribution in [3.8, 4) is 0 Å². The van der Waals surface area contributed by atoms with Gasteiger partial charge in [0.05, 0.1) is 0 Å². The molecule has 0 radical (unpaired) electrons. The van der Waals surface area contributed by atoms with Gasteiger partial charge in [-0.1, -0.05) is 86.6 Å². The second kappa shape index (κ2) is 12.8. The summed E-state index contributed by atoms with van der Waals surface area (Å²) in [6, 6.07) is 29.7. The third-order valence-corrected chi connectivity index (χ3v) is 3.54. The number of hydrogen-bond acceptors (Lipinski definition) is 2. The second-order valence-electron chi connectivity index (χ2n) is 5.20. The summed E-state index contributed by atoms with van der Waals surface area (Å²) in [4.78, 5) is 0. The smallest absolute Gasteiger partial charge is 0.0400 e. The number of benzene rings is 3. The van der Waals surface area contributed by atoms with Crippen LogP contribution in [0.4, 0.5) is 5.69 Å². The highest BCUT2D eigenvalue weighted by Gasteiger charge is 1.97. The van der Waals surface area contributed by atoms with Gasteiger partial charge in [0.25, 0.3) is 0 Å². The van der Waals surface area contributed by atoms with E-state index in [1.807, 2.05) is 19.9 Å². The van der Waals surface area contributed by atoms with E-state index in [4.69, 9.17) is 5.11 Å². The van der Waals surface area contributed by atoms with Crippen molar-refractivity contribution in [1.82, 2.24) is 0 Å². The maximum atomic E-state index is 7.00. The molecule has 0 heterocycles. The van der Waals surface area contributed by atoms with E-state index >= 15 is 0 Å². The number of nitrogens with one attached hydrogen (secondary N) is 1. The van der Waals surface area contributed by atoms with Gasteiger partial charge in [0.2, 0.25) is 0 Å². The Bertz CT molecular complexity index is 663. The fourth-order valence-electron chi connectivity index (χ4n) is 2.37. The van der Waals surface area contributed by atoms with Crippen LogP contribution in [-0.4, -0.2) is 12.2 Å². The average molecular weight is 335 g/mol. The Kier molecular flexibility index (Phi) is 10.5. The zero-order valence-corrected chi connectivity index (χ0v) is 15.4. The molecule has 3 rings (SSSR count). The van der Waals surface area contributed by atoms with Crippen molar-refractivity contribution in [2.45, 2.75) is 26.8 Å². The van der Waals surface area contributed by atoms with Crippen LogP contribution >= 0.6 is 0 Å². The van der Waals surface area contributed by atoms with Gasteiger partial charge in [-0.05, 0) is 35.2 Å². The lowest BCUT2D eigenvalue weighted by atomic mass is 10.0. The summed E-state index contributed by atoms with van der Waals surface area (Å²) < 4.78 is 0. The van der Waals surface area contributed by atoms with Gasteiger partial charge < -0.3 is 10.4 Å². The third-order valence-electron chi connectivity index (χ3n) is 3.54. The van der Waals surface area contributed by atoms with Crippen molar-refractivity contribution < 1.29 is 5.11 Å². The quantitative estimate of drug-likeness (QED) is 0.643. The standard InChI is InChI=1S/C20H19N.C2H6.CH4O/c1-3-7-17(8-4-1)15-18-11-13-20(14-12-18)21-16-19-9-5-2-6-10-19;2*1-2/h1-14,21H,15-16H2;1-2H3;2H,1H3. The summed E-state index contributed by atoms with van der Waals surface area (Å²) in [6.07, 6.45) is 0.986. The van der Waals surface area contributed by atoms with Gasteiger partial charge in [-0.3, -0.25) is 0 Å². The molecule has 0 amide bonds. The summed E-state index contributed by atoms with van der Waals surface area (Å²) in [6.45, 7) is 4.86. The largest absolute Gasteiger partial charge is 0.400 e. The molecule has 2 N–H and O–H groups in total. The normalized spacial score (nSPS) is 9.12. The highest BCUT2D eigenvalue weighted by molar-refractivity contribution is 5.45. The molecule has 2 heteroatoms. The third kappa shape index (κ3) is 7.69. The van der Waals surface area contributed by atoms with Gasteiger partial charge in [0, 0.05) is 19.3 Å². The topological polar surface area (TPSA) is 32.3 Å². The van der Waals surface area contributed by atoms with E-state index in [1.165, 1.54) is 16.7 Å². The lowest BCUT2D eigenvalue weighted by Crippen LogP contribution is -1.99. The molecule has 0 bridgehead atoms. The average Bonchev–Trinajstić information content (AvgIpc) is 2.72. The zero-order chi connectivity index (χ0) is 18.3. The fourth-order valence-corrected chi connectivity index (χ4v) is 2.37. The predicted molar refractivity (Wildman–Crippen MR) is 109 cm³/mol. The highest BCUT2D eigenvalue weighted by atomic mass is 16.2. The fraction of sp³-hybridized carbons (Fsp3) is 0.217. The van der Waals surface area contributed by atoms with Gasteiger partial charge >= 0.3 is 0 Å². The number of aliphatic hydroxyl groups excluding tert-OH is 1. The van der Waals surface area contributed by atoms with Crippen molar-refractivity contribution in [2.24, 2.45) is 0 Å². The summed E-state index contributed by atoms with van der Waals surface area (Å²) in [5, 5.41) is 10.5. The molecule has 0 spiro atoms. The monoisotopic (exact) mass is 335 g/mol. The van der Waals surface area contributed by atoms with Gasteiger partial charge in [-0.15, -0.1) is 0 Å². The van der Waals surface area contributed by atoms with Crippen LogP contribution in [0, 0.1) is 0 Å². The summed E-state index contributed by atoms with van der Waals surface area (Å²) in [5.41, 5.74) is 5.15. The molecule has 0 aromatic heterocycles. The first-order valence-electron chi connectivity index (χ1n) is 8.75. The van der Waals surface area contributed by atoms with Gasteiger partial charge in [0.15, 0.2) is 0 Å². The first-order valence-corrected chi connectivity index (χ1v) is 8.75. The number of hydrogen-bond donors (Lipinski definition) is 2. The molecule has 3 aromatic rings. The number of aliphatic hydroxyl groups is 1. The molecule has 0 saturated heterocycles. The Labute approximate surface area is 152 Å². The van der Waals surface area contributed by atoms with Crippen LogP contribution in [0.1, 0.15) is 30.5 Å².